The highest BCUT2D eigenvalue weighted by molar-refractivity contribution is 5.66. The maximum Gasteiger partial charge on any atom is 0.261 e. The zero-order valence-corrected chi connectivity index (χ0v) is 8.85. The molecule has 1 rings (SSSR count). The van der Waals surface area contributed by atoms with Gasteiger partial charge in [0, 0.05) is 6.54 Å². The van der Waals surface area contributed by atoms with Crippen LogP contribution in [0, 0.1) is 11.6 Å². The van der Waals surface area contributed by atoms with Crippen LogP contribution < -0.4 is 11.1 Å². The molecule has 0 atom stereocenters. The summed E-state index contributed by atoms with van der Waals surface area (Å²) in [5, 5.41) is 2.49. The summed E-state index contributed by atoms with van der Waals surface area (Å²) < 4.78 is 54.0. The van der Waals surface area contributed by atoms with Gasteiger partial charge >= 0.3 is 0 Å². The van der Waals surface area contributed by atoms with Crippen LogP contribution in [0.1, 0.15) is 0 Å². The fraction of sp³-hybridized carbons (Fsp3) is 0.400. The largest absolute Gasteiger partial charge is 0.397 e. The Morgan fingerprint density at radius 1 is 1.29 bits per heavy atom. The Balaban J connectivity index is 2.44. The summed E-state index contributed by atoms with van der Waals surface area (Å²) in [5.41, 5.74) is 5.27. The van der Waals surface area contributed by atoms with E-state index < -0.39 is 24.7 Å². The third-order valence-corrected chi connectivity index (χ3v) is 1.92. The van der Waals surface area contributed by atoms with Crippen LogP contribution in [0.2, 0.25) is 0 Å². The fourth-order valence-electron chi connectivity index (χ4n) is 1.17. The van der Waals surface area contributed by atoms with Crippen molar-refractivity contribution in [2.45, 2.75) is 6.43 Å². The van der Waals surface area contributed by atoms with Crippen LogP contribution in [0.4, 0.5) is 28.9 Å². The van der Waals surface area contributed by atoms with Crippen molar-refractivity contribution in [1.29, 1.82) is 0 Å². The van der Waals surface area contributed by atoms with Crippen molar-refractivity contribution in [1.82, 2.24) is 0 Å². The molecule has 96 valence electrons. The Kier molecular flexibility index (Phi) is 5.02. The Labute approximate surface area is 95.6 Å². The number of ether oxygens (including phenoxy) is 1. The molecule has 0 saturated heterocycles. The topological polar surface area (TPSA) is 47.3 Å². The Morgan fingerprint density at radius 2 is 2.00 bits per heavy atom. The van der Waals surface area contributed by atoms with Gasteiger partial charge in [0.05, 0.1) is 18.0 Å². The summed E-state index contributed by atoms with van der Waals surface area (Å²) in [6.45, 7) is -0.695. The van der Waals surface area contributed by atoms with Gasteiger partial charge in [-0.05, 0) is 12.1 Å². The van der Waals surface area contributed by atoms with E-state index in [9.17, 15) is 17.6 Å². The van der Waals surface area contributed by atoms with E-state index in [1.54, 1.807) is 0 Å². The van der Waals surface area contributed by atoms with Crippen LogP contribution >= 0.6 is 0 Å². The van der Waals surface area contributed by atoms with Gasteiger partial charge in [0.25, 0.3) is 6.43 Å². The van der Waals surface area contributed by atoms with Gasteiger partial charge in [0.2, 0.25) is 0 Å². The standard InChI is InChI=1S/C10H12F4N2O/c11-6-1-2-7(15)10(9(6)14)16-3-4-17-5-8(12)13/h1-2,8,16H,3-5,15H2. The minimum atomic E-state index is -2.55. The molecule has 0 aliphatic carbocycles. The summed E-state index contributed by atoms with van der Waals surface area (Å²) in [5.74, 6) is -2.13. The molecular weight excluding hydrogens is 240 g/mol. The SMILES string of the molecule is Nc1ccc(F)c(F)c1NCCOCC(F)F. The number of nitrogens with one attached hydrogen (secondary N) is 1. The van der Waals surface area contributed by atoms with E-state index in [4.69, 9.17) is 5.73 Å². The summed E-state index contributed by atoms with van der Waals surface area (Å²) in [6.07, 6.45) is -2.55. The van der Waals surface area contributed by atoms with E-state index in [0.29, 0.717) is 0 Å². The third kappa shape index (κ3) is 4.10. The Morgan fingerprint density at radius 3 is 2.65 bits per heavy atom. The smallest absolute Gasteiger partial charge is 0.261 e. The number of hydrogen-bond donors (Lipinski definition) is 2. The quantitative estimate of drug-likeness (QED) is 0.463. The average Bonchev–Trinajstić information content (AvgIpc) is 2.27. The first kappa shape index (κ1) is 13.6. The molecule has 0 spiro atoms. The summed E-state index contributed by atoms with van der Waals surface area (Å²) >= 11 is 0. The minimum absolute atomic E-state index is 0.0396. The number of nitrogen functional groups attached to an aromatic ring is 1. The highest BCUT2D eigenvalue weighted by atomic mass is 19.3. The summed E-state index contributed by atoms with van der Waals surface area (Å²) in [7, 11) is 0. The highest BCUT2D eigenvalue weighted by Gasteiger charge is 2.11. The van der Waals surface area contributed by atoms with Gasteiger partial charge < -0.3 is 15.8 Å². The number of rotatable bonds is 6. The van der Waals surface area contributed by atoms with Gasteiger partial charge in [-0.2, -0.15) is 0 Å². The van der Waals surface area contributed by atoms with Crippen molar-refractivity contribution >= 4 is 11.4 Å². The Bertz CT molecular complexity index is 374. The van der Waals surface area contributed by atoms with Crippen LogP contribution in [0.3, 0.4) is 0 Å². The van der Waals surface area contributed by atoms with Crippen molar-refractivity contribution in [3.8, 4) is 0 Å². The van der Waals surface area contributed by atoms with Gasteiger partial charge in [0.15, 0.2) is 11.6 Å². The first-order valence-corrected chi connectivity index (χ1v) is 4.85. The van der Waals surface area contributed by atoms with Gasteiger partial charge in [-0.1, -0.05) is 0 Å². The molecule has 17 heavy (non-hydrogen) atoms. The molecule has 3 N–H and O–H groups in total. The first-order valence-electron chi connectivity index (χ1n) is 4.85. The van der Waals surface area contributed by atoms with Crippen LogP contribution in [0.15, 0.2) is 12.1 Å². The number of halogens is 4. The molecule has 7 heteroatoms. The molecule has 0 saturated carbocycles. The first-order chi connectivity index (χ1) is 8.02. The zero-order valence-electron chi connectivity index (χ0n) is 8.85. The number of benzene rings is 1. The van der Waals surface area contributed by atoms with Crippen LogP contribution in [-0.2, 0) is 4.74 Å². The summed E-state index contributed by atoms with van der Waals surface area (Å²) in [4.78, 5) is 0. The van der Waals surface area contributed by atoms with Crippen molar-refractivity contribution in [2.75, 3.05) is 30.8 Å². The molecule has 0 bridgehead atoms. The number of nitrogens with two attached hydrogens (primary N) is 1. The molecule has 0 heterocycles. The Hall–Kier alpha value is -1.50. The van der Waals surface area contributed by atoms with Crippen molar-refractivity contribution in [2.24, 2.45) is 0 Å². The van der Waals surface area contributed by atoms with E-state index in [1.807, 2.05) is 0 Å². The molecule has 1 aromatic rings. The highest BCUT2D eigenvalue weighted by Crippen LogP contribution is 2.24. The van der Waals surface area contributed by atoms with Crippen LogP contribution in [0.25, 0.3) is 0 Å². The predicted octanol–water partition coefficient (Wildman–Crippen LogP) is 2.24. The number of alkyl halides is 2. The molecule has 0 fully saturated rings. The molecule has 0 aliphatic heterocycles. The lowest BCUT2D eigenvalue weighted by Crippen LogP contribution is -2.15. The second-order valence-corrected chi connectivity index (χ2v) is 3.22. The van der Waals surface area contributed by atoms with Gasteiger partial charge in [-0.15, -0.1) is 0 Å². The lowest BCUT2D eigenvalue weighted by Gasteiger charge is -2.10. The van der Waals surface area contributed by atoms with Crippen LogP contribution in [-0.4, -0.2) is 26.2 Å². The normalized spacial score (nSPS) is 10.9. The predicted molar refractivity (Wildman–Crippen MR) is 56.1 cm³/mol. The summed E-state index contributed by atoms with van der Waals surface area (Å²) in [6, 6.07) is 2.11. The third-order valence-electron chi connectivity index (χ3n) is 1.92. The zero-order chi connectivity index (χ0) is 12.8. The molecular formula is C10H12F4N2O. The number of anilines is 2. The second kappa shape index (κ2) is 6.29. The molecule has 0 aliphatic rings. The lowest BCUT2D eigenvalue weighted by atomic mass is 10.2. The lowest BCUT2D eigenvalue weighted by molar-refractivity contribution is 0.0215. The minimum Gasteiger partial charge on any atom is -0.397 e. The monoisotopic (exact) mass is 252 g/mol. The van der Waals surface area contributed by atoms with E-state index in [-0.39, 0.29) is 24.5 Å². The van der Waals surface area contributed by atoms with E-state index >= 15 is 0 Å². The van der Waals surface area contributed by atoms with Gasteiger partial charge in [-0.25, -0.2) is 17.6 Å². The van der Waals surface area contributed by atoms with E-state index in [1.165, 1.54) is 6.07 Å². The molecule has 0 aromatic heterocycles. The van der Waals surface area contributed by atoms with Crippen molar-refractivity contribution < 1.29 is 22.3 Å². The van der Waals surface area contributed by atoms with Crippen LogP contribution in [0.5, 0.6) is 0 Å². The molecule has 1 aromatic carbocycles. The van der Waals surface area contributed by atoms with E-state index in [2.05, 4.69) is 10.1 Å². The van der Waals surface area contributed by atoms with Gasteiger partial charge in [-0.3, -0.25) is 0 Å². The maximum atomic E-state index is 13.2. The molecule has 0 unspecified atom stereocenters. The maximum absolute atomic E-state index is 13.2. The molecule has 0 radical (unpaired) electrons. The fourth-order valence-corrected chi connectivity index (χ4v) is 1.17. The number of hydrogen-bond acceptors (Lipinski definition) is 3. The molecule has 3 nitrogen and oxygen atoms in total. The van der Waals surface area contributed by atoms with Crippen molar-refractivity contribution in [3.05, 3.63) is 23.8 Å². The van der Waals surface area contributed by atoms with Gasteiger partial charge in [0.1, 0.15) is 6.61 Å². The average molecular weight is 252 g/mol. The van der Waals surface area contributed by atoms with Crippen molar-refractivity contribution in [3.63, 3.8) is 0 Å². The second-order valence-electron chi connectivity index (χ2n) is 3.22. The molecule has 0 amide bonds. The van der Waals surface area contributed by atoms with E-state index in [0.717, 1.165) is 6.07 Å².